The maximum Gasteiger partial charge on any atom is 0.275 e. The van der Waals surface area contributed by atoms with Gasteiger partial charge in [0, 0.05) is 12.7 Å². The van der Waals surface area contributed by atoms with Gasteiger partial charge in [-0.25, -0.2) is 0 Å². The predicted molar refractivity (Wildman–Crippen MR) is 101 cm³/mol. The van der Waals surface area contributed by atoms with Gasteiger partial charge in [-0.3, -0.25) is 14.2 Å². The summed E-state index contributed by atoms with van der Waals surface area (Å²) in [6, 6.07) is 5.42. The van der Waals surface area contributed by atoms with E-state index in [0.29, 0.717) is 39.0 Å². The molecule has 0 spiro atoms. The van der Waals surface area contributed by atoms with Gasteiger partial charge >= 0.3 is 0 Å². The van der Waals surface area contributed by atoms with E-state index in [0.717, 1.165) is 5.56 Å². The summed E-state index contributed by atoms with van der Waals surface area (Å²) in [5.74, 6) is -0.250. The lowest BCUT2D eigenvalue weighted by atomic mass is 10.2. The van der Waals surface area contributed by atoms with Crippen molar-refractivity contribution < 1.29 is 4.79 Å². The first-order valence-corrected chi connectivity index (χ1v) is 9.02. The third-order valence-electron chi connectivity index (χ3n) is 3.53. The van der Waals surface area contributed by atoms with Gasteiger partial charge in [-0.05, 0) is 40.5 Å². The first-order chi connectivity index (χ1) is 12.0. The van der Waals surface area contributed by atoms with E-state index in [1.165, 1.54) is 0 Å². The highest BCUT2D eigenvalue weighted by molar-refractivity contribution is 9.10. The van der Waals surface area contributed by atoms with Gasteiger partial charge in [0.2, 0.25) is 0 Å². The van der Waals surface area contributed by atoms with Gasteiger partial charge in [-0.1, -0.05) is 29.3 Å². The first kappa shape index (κ1) is 18.0. The molecule has 3 aromatic rings. The summed E-state index contributed by atoms with van der Waals surface area (Å²) in [4.78, 5) is 12.5. The van der Waals surface area contributed by atoms with E-state index >= 15 is 0 Å². The molecule has 0 bridgehead atoms. The van der Waals surface area contributed by atoms with E-state index < -0.39 is 0 Å². The van der Waals surface area contributed by atoms with Gasteiger partial charge < -0.3 is 5.32 Å². The summed E-state index contributed by atoms with van der Waals surface area (Å²) in [5.41, 5.74) is 2.03. The van der Waals surface area contributed by atoms with Crippen LogP contribution in [0.25, 0.3) is 0 Å². The van der Waals surface area contributed by atoms with E-state index in [4.69, 9.17) is 23.2 Å². The second kappa shape index (κ2) is 7.59. The molecule has 130 valence electrons. The number of carbonyl (C=O) groups is 1. The molecule has 0 aliphatic heterocycles. The third-order valence-corrected chi connectivity index (χ3v) is 4.85. The molecule has 0 fully saturated rings. The van der Waals surface area contributed by atoms with Crippen LogP contribution in [0.4, 0.5) is 5.69 Å². The molecule has 9 heteroatoms. The van der Waals surface area contributed by atoms with E-state index in [2.05, 4.69) is 31.4 Å². The number of hydrogen-bond donors (Lipinski definition) is 1. The molecule has 0 radical (unpaired) electrons. The fourth-order valence-electron chi connectivity index (χ4n) is 2.36. The molecular formula is C16H14BrCl2N5O. The van der Waals surface area contributed by atoms with Crippen LogP contribution in [0.15, 0.2) is 41.3 Å². The molecule has 25 heavy (non-hydrogen) atoms. The van der Waals surface area contributed by atoms with Crippen LogP contribution in [0.1, 0.15) is 23.0 Å². The molecule has 2 heterocycles. The van der Waals surface area contributed by atoms with Crippen molar-refractivity contribution in [2.24, 2.45) is 0 Å². The molecule has 2 aromatic heterocycles. The van der Waals surface area contributed by atoms with Crippen molar-refractivity contribution in [2.45, 2.75) is 20.0 Å². The minimum atomic E-state index is -0.250. The Morgan fingerprint density at radius 2 is 2.04 bits per heavy atom. The highest BCUT2D eigenvalue weighted by Crippen LogP contribution is 2.23. The summed E-state index contributed by atoms with van der Waals surface area (Å²) < 4.78 is 3.98. The number of hydrogen-bond acceptors (Lipinski definition) is 3. The topological polar surface area (TPSA) is 64.7 Å². The van der Waals surface area contributed by atoms with E-state index in [1.807, 2.05) is 13.0 Å². The number of benzene rings is 1. The minimum absolute atomic E-state index is 0.250. The van der Waals surface area contributed by atoms with Gasteiger partial charge in [0.15, 0.2) is 0 Å². The second-order valence-electron chi connectivity index (χ2n) is 5.29. The van der Waals surface area contributed by atoms with Crippen molar-refractivity contribution >= 4 is 50.7 Å². The SMILES string of the molecule is CCn1ncc(Br)c1C(=O)Nc1cnn(Cc2ccc(Cl)c(Cl)c2)c1. The number of halogens is 3. The van der Waals surface area contributed by atoms with E-state index in [9.17, 15) is 4.79 Å². The van der Waals surface area contributed by atoms with Crippen LogP contribution in [0.2, 0.25) is 10.0 Å². The molecule has 6 nitrogen and oxygen atoms in total. The molecule has 0 unspecified atom stereocenters. The smallest absolute Gasteiger partial charge is 0.275 e. The number of aromatic nitrogens is 4. The Hall–Kier alpha value is -1.83. The Morgan fingerprint density at radius 3 is 2.76 bits per heavy atom. The maximum atomic E-state index is 12.5. The second-order valence-corrected chi connectivity index (χ2v) is 6.95. The van der Waals surface area contributed by atoms with Gasteiger partial charge in [0.25, 0.3) is 5.91 Å². The molecule has 0 saturated carbocycles. The largest absolute Gasteiger partial charge is 0.318 e. The molecular weight excluding hydrogens is 429 g/mol. The normalized spacial score (nSPS) is 10.9. The van der Waals surface area contributed by atoms with Crippen LogP contribution >= 0.6 is 39.1 Å². The van der Waals surface area contributed by atoms with Crippen LogP contribution in [0.5, 0.6) is 0 Å². The van der Waals surface area contributed by atoms with Crippen molar-refractivity contribution in [3.8, 4) is 0 Å². The quantitative estimate of drug-likeness (QED) is 0.633. The number of amides is 1. The molecule has 0 saturated heterocycles. The monoisotopic (exact) mass is 441 g/mol. The van der Waals surface area contributed by atoms with Crippen LogP contribution in [-0.2, 0) is 13.1 Å². The zero-order valence-electron chi connectivity index (χ0n) is 13.2. The predicted octanol–water partition coefficient (Wildman–Crippen LogP) is 4.47. The molecule has 1 amide bonds. The summed E-state index contributed by atoms with van der Waals surface area (Å²) in [6.45, 7) is 3.04. The number of nitrogens with one attached hydrogen (secondary N) is 1. The molecule has 1 aromatic carbocycles. The number of anilines is 1. The molecule has 3 rings (SSSR count). The summed E-state index contributed by atoms with van der Waals surface area (Å²) in [6.07, 6.45) is 4.95. The summed E-state index contributed by atoms with van der Waals surface area (Å²) in [7, 11) is 0. The zero-order valence-corrected chi connectivity index (χ0v) is 16.3. The number of aryl methyl sites for hydroxylation is 1. The summed E-state index contributed by atoms with van der Waals surface area (Å²) >= 11 is 15.3. The zero-order chi connectivity index (χ0) is 18.0. The Balaban J connectivity index is 1.72. The van der Waals surface area contributed by atoms with Gasteiger partial charge in [-0.15, -0.1) is 0 Å². The highest BCUT2D eigenvalue weighted by Gasteiger charge is 2.17. The van der Waals surface area contributed by atoms with Crippen LogP contribution in [0, 0.1) is 0 Å². The Labute approximate surface area is 162 Å². The Kier molecular flexibility index (Phi) is 5.46. The lowest BCUT2D eigenvalue weighted by Crippen LogP contribution is -2.17. The van der Waals surface area contributed by atoms with E-state index in [1.54, 1.807) is 40.1 Å². The van der Waals surface area contributed by atoms with Crippen molar-refractivity contribution in [2.75, 3.05) is 5.32 Å². The number of rotatable bonds is 5. The first-order valence-electron chi connectivity index (χ1n) is 7.47. The Morgan fingerprint density at radius 1 is 1.24 bits per heavy atom. The van der Waals surface area contributed by atoms with Gasteiger partial charge in [0.1, 0.15) is 5.69 Å². The van der Waals surface area contributed by atoms with Gasteiger partial charge in [0.05, 0.1) is 39.1 Å². The average molecular weight is 443 g/mol. The standard InChI is InChI=1S/C16H14BrCl2N5O/c1-2-24-15(12(17)7-21-24)16(25)22-11-6-20-23(9-11)8-10-3-4-13(18)14(19)5-10/h3-7,9H,2,8H2,1H3,(H,22,25). The maximum absolute atomic E-state index is 12.5. The summed E-state index contributed by atoms with van der Waals surface area (Å²) in [5, 5.41) is 12.2. The average Bonchev–Trinajstić information content (AvgIpc) is 3.17. The molecule has 0 aliphatic rings. The molecule has 1 N–H and O–H groups in total. The van der Waals surface area contributed by atoms with Crippen molar-refractivity contribution in [1.29, 1.82) is 0 Å². The van der Waals surface area contributed by atoms with Crippen LogP contribution < -0.4 is 5.32 Å². The number of nitrogens with zero attached hydrogens (tertiary/aromatic N) is 4. The van der Waals surface area contributed by atoms with E-state index in [-0.39, 0.29) is 5.91 Å². The highest BCUT2D eigenvalue weighted by atomic mass is 79.9. The third kappa shape index (κ3) is 4.05. The van der Waals surface area contributed by atoms with Crippen LogP contribution in [-0.4, -0.2) is 25.5 Å². The molecule has 0 aliphatic carbocycles. The lowest BCUT2D eigenvalue weighted by Gasteiger charge is -2.06. The van der Waals surface area contributed by atoms with Crippen molar-refractivity contribution in [1.82, 2.24) is 19.6 Å². The number of carbonyl (C=O) groups excluding carboxylic acids is 1. The van der Waals surface area contributed by atoms with Crippen molar-refractivity contribution in [3.63, 3.8) is 0 Å². The van der Waals surface area contributed by atoms with Crippen LogP contribution in [0.3, 0.4) is 0 Å². The van der Waals surface area contributed by atoms with Crippen molar-refractivity contribution in [3.05, 3.63) is 62.6 Å². The minimum Gasteiger partial charge on any atom is -0.318 e. The Bertz CT molecular complexity index is 921. The fourth-order valence-corrected chi connectivity index (χ4v) is 3.15. The fraction of sp³-hybridized carbons (Fsp3) is 0.188. The van der Waals surface area contributed by atoms with Gasteiger partial charge in [-0.2, -0.15) is 10.2 Å². The lowest BCUT2D eigenvalue weighted by molar-refractivity contribution is 0.101. The molecule has 0 atom stereocenters.